The maximum atomic E-state index is 12.5. The van der Waals surface area contributed by atoms with E-state index in [0.717, 1.165) is 96.3 Å². The van der Waals surface area contributed by atoms with Gasteiger partial charge in [0, 0.05) is 19.4 Å². The van der Waals surface area contributed by atoms with E-state index in [9.17, 15) is 9.59 Å². The normalized spacial score (nSPS) is 12.9. The fourth-order valence-corrected chi connectivity index (χ4v) is 5.88. The molecular weight excluding hydrogens is 669 g/mol. The summed E-state index contributed by atoms with van der Waals surface area (Å²) in [5.74, 6) is -0.447. The lowest BCUT2D eigenvalue weighted by Gasteiger charge is -2.18. The number of esters is 2. The van der Waals surface area contributed by atoms with E-state index in [4.69, 9.17) is 14.2 Å². The van der Waals surface area contributed by atoms with Crippen molar-refractivity contribution in [1.29, 1.82) is 0 Å². The third-order valence-electron chi connectivity index (χ3n) is 9.23. The highest BCUT2D eigenvalue weighted by molar-refractivity contribution is 5.70. The Morgan fingerprint density at radius 3 is 1.35 bits per heavy atom. The molecule has 1 atom stereocenters. The molecule has 5 heteroatoms. The summed E-state index contributed by atoms with van der Waals surface area (Å²) in [6.07, 6.45) is 56.5. The van der Waals surface area contributed by atoms with Gasteiger partial charge in [0.2, 0.25) is 0 Å². The molecule has 310 valence electrons. The predicted octanol–water partition coefficient (Wildman–Crippen LogP) is 14.8. The van der Waals surface area contributed by atoms with Gasteiger partial charge in [-0.25, -0.2) is 0 Å². The van der Waals surface area contributed by atoms with E-state index < -0.39 is 6.10 Å². The van der Waals surface area contributed by atoms with Crippen LogP contribution in [0.1, 0.15) is 201 Å². The van der Waals surface area contributed by atoms with Crippen LogP contribution in [0.4, 0.5) is 0 Å². The van der Waals surface area contributed by atoms with Gasteiger partial charge in [-0.15, -0.1) is 0 Å². The second kappa shape index (κ2) is 44.7. The van der Waals surface area contributed by atoms with Crippen LogP contribution in [0.15, 0.2) is 72.9 Å². The Hall–Kier alpha value is -2.66. The van der Waals surface area contributed by atoms with Crippen LogP contribution >= 0.6 is 0 Å². The molecule has 0 aromatic rings. The van der Waals surface area contributed by atoms with Crippen molar-refractivity contribution in [3.8, 4) is 0 Å². The molecule has 0 saturated heterocycles. The van der Waals surface area contributed by atoms with Gasteiger partial charge in [-0.3, -0.25) is 9.59 Å². The summed E-state index contributed by atoms with van der Waals surface area (Å²) >= 11 is 0. The number of hydrogen-bond donors (Lipinski definition) is 0. The average Bonchev–Trinajstić information content (AvgIpc) is 3.17. The molecule has 0 spiro atoms. The van der Waals surface area contributed by atoms with Gasteiger partial charge in [-0.1, -0.05) is 171 Å². The molecule has 54 heavy (non-hydrogen) atoms. The Morgan fingerprint density at radius 2 is 0.833 bits per heavy atom. The minimum Gasteiger partial charge on any atom is -0.462 e. The molecule has 0 radical (unpaired) electrons. The highest BCUT2D eigenvalue weighted by atomic mass is 16.6. The molecule has 0 aliphatic carbocycles. The molecule has 0 fully saturated rings. The molecule has 0 aliphatic heterocycles. The lowest BCUT2D eigenvalue weighted by molar-refractivity contribution is -0.163. The van der Waals surface area contributed by atoms with Crippen molar-refractivity contribution in [2.24, 2.45) is 0 Å². The Balaban J connectivity index is 4.17. The van der Waals surface area contributed by atoms with Gasteiger partial charge in [-0.05, 0) is 89.9 Å². The first-order chi connectivity index (χ1) is 26.6. The largest absolute Gasteiger partial charge is 0.462 e. The number of ether oxygens (including phenoxy) is 3. The van der Waals surface area contributed by atoms with E-state index >= 15 is 0 Å². The van der Waals surface area contributed by atoms with Crippen molar-refractivity contribution in [3.05, 3.63) is 72.9 Å². The van der Waals surface area contributed by atoms with Crippen molar-refractivity contribution in [1.82, 2.24) is 0 Å². The van der Waals surface area contributed by atoms with Crippen molar-refractivity contribution >= 4 is 11.9 Å². The van der Waals surface area contributed by atoms with Crippen LogP contribution in [-0.4, -0.2) is 37.9 Å². The third kappa shape index (κ3) is 42.1. The molecule has 5 nitrogen and oxygen atoms in total. The number of carbonyl (C=O) groups is 2. The zero-order chi connectivity index (χ0) is 39.3. The molecule has 0 heterocycles. The quantitative estimate of drug-likeness (QED) is 0.0354. The standard InChI is InChI=1S/C49H84O5/c1-4-7-10-13-15-17-19-21-23-24-25-27-29-31-33-35-38-41-44-52-45-47(54-49(51)43-40-36-12-9-6-3)46-53-48(50)42-39-37-34-32-30-28-26-22-20-18-16-14-11-8-5-2/h7,10,15,17,21-23,25-27,31,33,47H,4-6,8-9,11-14,16,18-20,24,28-30,32,34-46H2,1-3H3/b10-7-,17-15-,23-21-,26-22-,27-25-,33-31-. The van der Waals surface area contributed by atoms with Crippen molar-refractivity contribution < 1.29 is 23.8 Å². The number of hydrogen-bond acceptors (Lipinski definition) is 5. The fraction of sp³-hybridized carbons (Fsp3) is 0.714. The van der Waals surface area contributed by atoms with Gasteiger partial charge < -0.3 is 14.2 Å². The smallest absolute Gasteiger partial charge is 0.306 e. The molecule has 0 rings (SSSR count). The van der Waals surface area contributed by atoms with E-state index in [1.165, 1.54) is 70.6 Å². The minimum absolute atomic E-state index is 0.0610. The van der Waals surface area contributed by atoms with E-state index in [2.05, 4.69) is 93.7 Å². The summed E-state index contributed by atoms with van der Waals surface area (Å²) in [7, 11) is 0. The predicted molar refractivity (Wildman–Crippen MR) is 233 cm³/mol. The topological polar surface area (TPSA) is 61.8 Å². The first-order valence-electron chi connectivity index (χ1n) is 22.5. The van der Waals surface area contributed by atoms with Gasteiger partial charge in [0.1, 0.15) is 6.61 Å². The van der Waals surface area contributed by atoms with Crippen molar-refractivity contribution in [3.63, 3.8) is 0 Å². The third-order valence-corrected chi connectivity index (χ3v) is 9.23. The van der Waals surface area contributed by atoms with Gasteiger partial charge in [0.25, 0.3) is 0 Å². The van der Waals surface area contributed by atoms with Crippen molar-refractivity contribution in [2.75, 3.05) is 19.8 Å². The summed E-state index contributed by atoms with van der Waals surface area (Å²) in [6, 6.07) is 0. The molecule has 0 N–H and O–H groups in total. The SMILES string of the molecule is CC/C=C\C/C=C\C/C=C\C/C=C\C/C=C\CCCCOCC(COC(=O)CCCCCCC/C=C\CCCCCCCC)OC(=O)CCCCCCC. The Kier molecular flexibility index (Phi) is 42.5. The maximum Gasteiger partial charge on any atom is 0.306 e. The lowest BCUT2D eigenvalue weighted by atomic mass is 10.1. The minimum atomic E-state index is -0.558. The molecule has 0 aromatic carbocycles. The van der Waals surface area contributed by atoms with E-state index in [-0.39, 0.29) is 25.2 Å². The number of carbonyl (C=O) groups excluding carboxylic acids is 2. The summed E-state index contributed by atoms with van der Waals surface area (Å²) in [5, 5.41) is 0. The molecule has 0 bridgehead atoms. The van der Waals surface area contributed by atoms with Crippen LogP contribution in [0.3, 0.4) is 0 Å². The molecule has 0 amide bonds. The van der Waals surface area contributed by atoms with Crippen LogP contribution in [-0.2, 0) is 23.8 Å². The van der Waals surface area contributed by atoms with E-state index in [1.807, 2.05) is 0 Å². The summed E-state index contributed by atoms with van der Waals surface area (Å²) < 4.78 is 17.1. The van der Waals surface area contributed by atoms with E-state index in [1.54, 1.807) is 0 Å². The zero-order valence-corrected chi connectivity index (χ0v) is 35.5. The molecular formula is C49H84O5. The summed E-state index contributed by atoms with van der Waals surface area (Å²) in [6.45, 7) is 7.52. The average molecular weight is 753 g/mol. The molecule has 0 aromatic heterocycles. The molecule has 0 aliphatic rings. The molecule has 0 saturated carbocycles. The second-order valence-electron chi connectivity index (χ2n) is 14.6. The summed E-state index contributed by atoms with van der Waals surface area (Å²) in [4.78, 5) is 25.0. The van der Waals surface area contributed by atoms with Gasteiger partial charge in [0.15, 0.2) is 6.10 Å². The van der Waals surface area contributed by atoms with Gasteiger partial charge in [-0.2, -0.15) is 0 Å². The van der Waals surface area contributed by atoms with Gasteiger partial charge >= 0.3 is 11.9 Å². The van der Waals surface area contributed by atoms with Gasteiger partial charge in [0.05, 0.1) is 6.61 Å². The Labute approximate surface area is 334 Å². The highest BCUT2D eigenvalue weighted by Crippen LogP contribution is 2.12. The van der Waals surface area contributed by atoms with Crippen molar-refractivity contribution in [2.45, 2.75) is 207 Å². The zero-order valence-electron chi connectivity index (χ0n) is 35.5. The van der Waals surface area contributed by atoms with E-state index in [0.29, 0.717) is 19.4 Å². The van der Waals surface area contributed by atoms with Crippen LogP contribution in [0.25, 0.3) is 0 Å². The number of allylic oxidation sites excluding steroid dienone is 12. The van der Waals surface area contributed by atoms with Crippen LogP contribution in [0, 0.1) is 0 Å². The number of rotatable bonds is 40. The molecule has 1 unspecified atom stereocenters. The Bertz CT molecular complexity index is 988. The maximum absolute atomic E-state index is 12.5. The van der Waals surface area contributed by atoms with Crippen LogP contribution in [0.5, 0.6) is 0 Å². The van der Waals surface area contributed by atoms with Crippen LogP contribution < -0.4 is 0 Å². The monoisotopic (exact) mass is 753 g/mol. The Morgan fingerprint density at radius 1 is 0.426 bits per heavy atom. The second-order valence-corrected chi connectivity index (χ2v) is 14.6. The first-order valence-corrected chi connectivity index (χ1v) is 22.5. The number of unbranched alkanes of at least 4 members (excludes halogenated alkanes) is 17. The fourth-order valence-electron chi connectivity index (χ4n) is 5.88. The lowest BCUT2D eigenvalue weighted by Crippen LogP contribution is -2.30. The van der Waals surface area contributed by atoms with Crippen LogP contribution in [0.2, 0.25) is 0 Å². The highest BCUT2D eigenvalue weighted by Gasteiger charge is 2.17. The summed E-state index contributed by atoms with van der Waals surface area (Å²) in [5.41, 5.74) is 0. The first kappa shape index (κ1) is 51.3.